The van der Waals surface area contributed by atoms with Crippen LogP contribution in [0.15, 0.2) is 0 Å². The van der Waals surface area contributed by atoms with Gasteiger partial charge in [0.25, 0.3) is 0 Å². The van der Waals surface area contributed by atoms with E-state index in [-0.39, 0.29) is 23.9 Å². The smallest absolute Gasteiger partial charge is 0.220 e. The van der Waals surface area contributed by atoms with Crippen LogP contribution in [0.1, 0.15) is 244 Å². The van der Waals surface area contributed by atoms with E-state index >= 15 is 0 Å². The molecule has 0 aromatic heterocycles. The number of ether oxygens (including phenoxy) is 2. The van der Waals surface area contributed by atoms with Crippen LogP contribution in [-0.4, -0.2) is 49.3 Å². The van der Waals surface area contributed by atoms with Crippen molar-refractivity contribution in [3.05, 3.63) is 0 Å². The first-order valence-electron chi connectivity index (χ1n) is 27.1. The number of unbranched alkanes of at least 4 members (excludes halogenated alkanes) is 14. The van der Waals surface area contributed by atoms with Crippen LogP contribution >= 0.6 is 0 Å². The van der Waals surface area contributed by atoms with E-state index in [0.29, 0.717) is 36.9 Å². The maximum atomic E-state index is 12.9. The first-order valence-corrected chi connectivity index (χ1v) is 27.1. The third kappa shape index (κ3) is 19.9. The van der Waals surface area contributed by atoms with Gasteiger partial charge in [-0.1, -0.05) is 89.9 Å². The molecule has 0 heterocycles. The molecule has 0 radical (unpaired) electrons. The zero-order valence-electron chi connectivity index (χ0n) is 39.6. The van der Waals surface area contributed by atoms with Crippen molar-refractivity contribution in [3.63, 3.8) is 0 Å². The highest BCUT2D eigenvalue weighted by molar-refractivity contribution is 5.77. The van der Waals surface area contributed by atoms with Gasteiger partial charge in [-0.05, 0) is 165 Å². The Morgan fingerprint density at radius 1 is 0.387 bits per heavy atom. The van der Waals surface area contributed by atoms with Crippen LogP contribution in [0.4, 0.5) is 0 Å². The van der Waals surface area contributed by atoms with E-state index in [1.165, 1.54) is 154 Å². The number of carbonyl (C=O) groups excluding carboxylic acids is 2. The van der Waals surface area contributed by atoms with Gasteiger partial charge in [-0.25, -0.2) is 0 Å². The quantitative estimate of drug-likeness (QED) is 0.0755. The van der Waals surface area contributed by atoms with Crippen molar-refractivity contribution in [1.82, 2.24) is 10.6 Å². The molecular formula is C54H92N4O4. The third-order valence-corrected chi connectivity index (χ3v) is 16.4. The van der Waals surface area contributed by atoms with Crippen molar-refractivity contribution in [3.8, 4) is 12.1 Å². The Morgan fingerprint density at radius 3 is 1.00 bits per heavy atom. The van der Waals surface area contributed by atoms with Gasteiger partial charge < -0.3 is 20.1 Å². The van der Waals surface area contributed by atoms with Gasteiger partial charge in [0.05, 0.1) is 24.3 Å². The molecule has 8 nitrogen and oxygen atoms in total. The van der Waals surface area contributed by atoms with Crippen LogP contribution in [0.3, 0.4) is 0 Å². The van der Waals surface area contributed by atoms with Crippen molar-refractivity contribution in [1.29, 1.82) is 10.5 Å². The van der Waals surface area contributed by atoms with Crippen LogP contribution in [0, 0.1) is 58.2 Å². The van der Waals surface area contributed by atoms with Gasteiger partial charge in [-0.3, -0.25) is 9.59 Å². The van der Waals surface area contributed by atoms with E-state index in [4.69, 9.17) is 9.47 Å². The van der Waals surface area contributed by atoms with Crippen molar-refractivity contribution in [2.75, 3.05) is 13.2 Å². The van der Waals surface area contributed by atoms with Crippen LogP contribution in [0.25, 0.3) is 0 Å². The summed E-state index contributed by atoms with van der Waals surface area (Å²) < 4.78 is 12.5. The number of rotatable bonds is 28. The van der Waals surface area contributed by atoms with E-state index in [0.717, 1.165) is 114 Å². The van der Waals surface area contributed by atoms with E-state index in [2.05, 4.69) is 22.8 Å². The second-order valence-corrected chi connectivity index (χ2v) is 21.1. The molecule has 352 valence electrons. The van der Waals surface area contributed by atoms with Crippen LogP contribution in [0.5, 0.6) is 0 Å². The summed E-state index contributed by atoms with van der Waals surface area (Å²) in [7, 11) is 0. The summed E-state index contributed by atoms with van der Waals surface area (Å²) in [5.41, 5.74) is 0. The zero-order valence-corrected chi connectivity index (χ0v) is 39.6. The molecule has 5 saturated carbocycles. The number of nitrogens with zero attached hydrogens (tertiary/aromatic N) is 2. The molecule has 0 spiro atoms. The molecular weight excluding hydrogens is 769 g/mol. The summed E-state index contributed by atoms with van der Waals surface area (Å²) in [5, 5.41) is 25.0. The molecule has 2 N–H and O–H groups in total. The summed E-state index contributed by atoms with van der Waals surface area (Å²) in [5.74, 6) is 4.40. The molecule has 0 aliphatic heterocycles. The molecule has 5 aliphatic rings. The van der Waals surface area contributed by atoms with Gasteiger partial charge in [0, 0.05) is 50.0 Å². The number of nitrogens with one attached hydrogen (secondary N) is 2. The van der Waals surface area contributed by atoms with Gasteiger partial charge in [-0.15, -0.1) is 0 Å². The second-order valence-electron chi connectivity index (χ2n) is 21.1. The lowest BCUT2D eigenvalue weighted by Gasteiger charge is -2.36. The van der Waals surface area contributed by atoms with Gasteiger partial charge in [0.1, 0.15) is 0 Å². The maximum absolute atomic E-state index is 12.9. The fourth-order valence-electron chi connectivity index (χ4n) is 12.3. The molecule has 5 fully saturated rings. The highest BCUT2D eigenvalue weighted by Gasteiger charge is 2.33. The summed E-state index contributed by atoms with van der Waals surface area (Å²) in [6, 6.07) is 5.11. The molecule has 0 bridgehead atoms. The maximum Gasteiger partial charge on any atom is 0.220 e. The number of amides is 2. The standard InChI is InChI=1S/C54H92N4O4/c55-41-43-23-27-45(28-24-43)47-31-35-49(36-32-47)61-39-17-11-7-3-1-5-9-13-21-53(59)57-51-19-15-16-20-52(51)58-54(60)22-14-10-6-2-4-8-12-18-40-62-50-37-33-48(34-38-50)46-29-25-44(42-56)26-30-46/h43-52H,1-40H2,(H,57,59)(H,58,60)/t43?,44?,45?,46?,47?,48?,49?,50?,51-,52-/m1/s1. The Balaban J connectivity index is 0.759. The topological polar surface area (TPSA) is 124 Å². The van der Waals surface area contributed by atoms with Gasteiger partial charge in [0.15, 0.2) is 0 Å². The lowest BCUT2D eigenvalue weighted by Crippen LogP contribution is -2.53. The van der Waals surface area contributed by atoms with Crippen LogP contribution in [0.2, 0.25) is 0 Å². The van der Waals surface area contributed by atoms with Gasteiger partial charge in [-0.2, -0.15) is 10.5 Å². The average Bonchev–Trinajstić information content (AvgIpc) is 3.31. The lowest BCUT2D eigenvalue weighted by molar-refractivity contribution is -0.125. The number of nitriles is 2. The number of hydrogen-bond donors (Lipinski definition) is 2. The van der Waals surface area contributed by atoms with E-state index in [9.17, 15) is 20.1 Å². The zero-order chi connectivity index (χ0) is 43.5. The molecule has 62 heavy (non-hydrogen) atoms. The Hall–Kier alpha value is -2.16. The van der Waals surface area contributed by atoms with E-state index in [1.807, 2.05) is 0 Å². The summed E-state index contributed by atoms with van der Waals surface area (Å²) in [6.07, 6.45) is 45.1. The van der Waals surface area contributed by atoms with Crippen molar-refractivity contribution in [2.24, 2.45) is 35.5 Å². The fourth-order valence-corrected chi connectivity index (χ4v) is 12.3. The first-order chi connectivity index (χ1) is 30.5. The Kier molecular flexibility index (Phi) is 25.3. The normalized spacial score (nSPS) is 30.5. The SMILES string of the molecule is N#CC1CCC(C2CCC(OCCCCCCCCCCC(=O)N[C@@H]3CCCC[C@H]3NC(=O)CCCCCCCCCCOC3CCC(C4CCC(C#N)CC4)CC3)CC2)CC1. The molecule has 5 rings (SSSR count). The Labute approximate surface area is 379 Å². The van der Waals surface area contributed by atoms with Gasteiger partial charge in [0.2, 0.25) is 11.8 Å². The Bertz CT molecular complexity index is 1180. The predicted molar refractivity (Wildman–Crippen MR) is 251 cm³/mol. The van der Waals surface area contributed by atoms with E-state index < -0.39 is 0 Å². The summed E-state index contributed by atoms with van der Waals surface area (Å²) >= 11 is 0. The molecule has 8 heteroatoms. The summed E-state index contributed by atoms with van der Waals surface area (Å²) in [6.45, 7) is 1.83. The minimum Gasteiger partial charge on any atom is -0.378 e. The minimum atomic E-state index is 0.0757. The molecule has 0 aromatic rings. The molecule has 5 aliphatic carbocycles. The van der Waals surface area contributed by atoms with Crippen molar-refractivity contribution >= 4 is 11.8 Å². The van der Waals surface area contributed by atoms with Crippen molar-refractivity contribution in [2.45, 2.75) is 268 Å². The highest BCUT2D eigenvalue weighted by atomic mass is 16.5. The lowest BCUT2D eigenvalue weighted by atomic mass is 9.71. The second kappa shape index (κ2) is 30.9. The Morgan fingerprint density at radius 2 is 0.677 bits per heavy atom. The molecule has 0 saturated heterocycles. The van der Waals surface area contributed by atoms with Crippen molar-refractivity contribution < 1.29 is 19.1 Å². The van der Waals surface area contributed by atoms with Crippen LogP contribution in [-0.2, 0) is 19.1 Å². The first kappa shape index (κ1) is 50.8. The molecule has 2 amide bonds. The number of hydrogen-bond acceptors (Lipinski definition) is 6. The molecule has 0 unspecified atom stereocenters. The fraction of sp³-hybridized carbons (Fsp3) is 0.926. The molecule has 2 atom stereocenters. The van der Waals surface area contributed by atoms with E-state index in [1.54, 1.807) is 0 Å². The van der Waals surface area contributed by atoms with Gasteiger partial charge >= 0.3 is 0 Å². The highest BCUT2D eigenvalue weighted by Crippen LogP contribution is 2.42. The number of carbonyl (C=O) groups is 2. The monoisotopic (exact) mass is 861 g/mol. The minimum absolute atomic E-state index is 0.0757. The summed E-state index contributed by atoms with van der Waals surface area (Å²) in [4.78, 5) is 25.7. The predicted octanol–water partition coefficient (Wildman–Crippen LogP) is 13.4. The molecule has 0 aromatic carbocycles. The van der Waals surface area contributed by atoms with Crippen LogP contribution < -0.4 is 10.6 Å². The average molecular weight is 861 g/mol. The third-order valence-electron chi connectivity index (χ3n) is 16.4. The largest absolute Gasteiger partial charge is 0.378 e.